The monoisotopic (exact) mass is 315 g/mol. The number of hydrogen-bond acceptors (Lipinski definition) is 2. The number of carboxylic acids is 1. The maximum Gasteiger partial charge on any atom is 0.391 e. The van der Waals surface area contributed by atoms with Crippen molar-refractivity contribution >= 4 is 5.97 Å². The first-order valence-corrected chi connectivity index (χ1v) is 7.36. The summed E-state index contributed by atoms with van der Waals surface area (Å²) in [5.41, 5.74) is 1.20. The van der Waals surface area contributed by atoms with Crippen molar-refractivity contribution < 1.29 is 23.1 Å². The molecule has 1 saturated carbocycles. The third-order valence-electron chi connectivity index (χ3n) is 4.42. The van der Waals surface area contributed by atoms with E-state index in [2.05, 4.69) is 4.90 Å². The molecule has 0 aliphatic heterocycles. The van der Waals surface area contributed by atoms with Gasteiger partial charge in [0.05, 0.1) is 11.5 Å². The molecule has 0 radical (unpaired) electrons. The van der Waals surface area contributed by atoms with Gasteiger partial charge in [0.25, 0.3) is 0 Å². The Balaban J connectivity index is 1.88. The minimum atomic E-state index is -4.07. The lowest BCUT2D eigenvalue weighted by Crippen LogP contribution is -2.37. The van der Waals surface area contributed by atoms with Gasteiger partial charge >= 0.3 is 12.1 Å². The Hall–Kier alpha value is -1.56. The van der Waals surface area contributed by atoms with Crippen LogP contribution in [0.4, 0.5) is 13.2 Å². The number of alkyl halides is 3. The zero-order valence-corrected chi connectivity index (χ0v) is 12.4. The lowest BCUT2D eigenvalue weighted by atomic mass is 9.85. The largest absolute Gasteiger partial charge is 0.478 e. The Morgan fingerprint density at radius 3 is 2.18 bits per heavy atom. The summed E-state index contributed by atoms with van der Waals surface area (Å²) in [6, 6.07) is 6.75. The number of carbonyl (C=O) groups is 1. The van der Waals surface area contributed by atoms with Gasteiger partial charge in [-0.2, -0.15) is 13.2 Å². The van der Waals surface area contributed by atoms with Crippen LogP contribution in [-0.4, -0.2) is 35.2 Å². The summed E-state index contributed by atoms with van der Waals surface area (Å²) in [7, 11) is 1.91. The van der Waals surface area contributed by atoms with Crippen molar-refractivity contribution in [2.24, 2.45) is 5.92 Å². The van der Waals surface area contributed by atoms with E-state index in [1.54, 1.807) is 24.3 Å². The van der Waals surface area contributed by atoms with Gasteiger partial charge in [-0.3, -0.25) is 4.90 Å². The molecule has 0 heterocycles. The van der Waals surface area contributed by atoms with Crippen molar-refractivity contribution in [2.45, 2.75) is 44.4 Å². The van der Waals surface area contributed by atoms with Gasteiger partial charge in [0.2, 0.25) is 0 Å². The summed E-state index contributed by atoms with van der Waals surface area (Å²) < 4.78 is 38.0. The molecule has 22 heavy (non-hydrogen) atoms. The Labute approximate surface area is 127 Å². The molecular formula is C16H20F3NO2. The van der Waals surface area contributed by atoms with E-state index in [1.807, 2.05) is 7.05 Å². The predicted octanol–water partition coefficient (Wildman–Crippen LogP) is 3.94. The summed E-state index contributed by atoms with van der Waals surface area (Å²) in [6.07, 6.45) is -2.59. The molecule has 1 fully saturated rings. The second kappa shape index (κ2) is 6.69. The standard InChI is InChI=1S/C16H20F3NO2/c1-20(10-11-2-4-12(5-3-11)15(21)22)14-8-6-13(7-9-14)16(17,18)19/h2-5,13-14H,6-10H2,1H3,(H,21,22). The van der Waals surface area contributed by atoms with Crippen LogP contribution in [0, 0.1) is 5.92 Å². The molecule has 0 spiro atoms. The minimum absolute atomic E-state index is 0.151. The van der Waals surface area contributed by atoms with Crippen LogP contribution in [-0.2, 0) is 6.54 Å². The highest BCUT2D eigenvalue weighted by atomic mass is 19.4. The highest BCUT2D eigenvalue weighted by molar-refractivity contribution is 5.87. The Morgan fingerprint density at radius 1 is 1.18 bits per heavy atom. The zero-order chi connectivity index (χ0) is 16.3. The highest BCUT2D eigenvalue weighted by Gasteiger charge is 2.41. The number of rotatable bonds is 4. The fraction of sp³-hybridized carbons (Fsp3) is 0.562. The Morgan fingerprint density at radius 2 is 1.73 bits per heavy atom. The van der Waals surface area contributed by atoms with Crippen LogP contribution in [0.15, 0.2) is 24.3 Å². The van der Waals surface area contributed by atoms with Gasteiger partial charge in [0, 0.05) is 12.6 Å². The first-order valence-electron chi connectivity index (χ1n) is 7.36. The maximum atomic E-state index is 12.7. The van der Waals surface area contributed by atoms with Crippen molar-refractivity contribution in [1.82, 2.24) is 4.90 Å². The summed E-state index contributed by atoms with van der Waals surface area (Å²) in [4.78, 5) is 12.8. The molecule has 0 aromatic heterocycles. The average molecular weight is 315 g/mol. The lowest BCUT2D eigenvalue weighted by Gasteiger charge is -2.35. The van der Waals surface area contributed by atoms with Gasteiger partial charge in [-0.15, -0.1) is 0 Å². The molecular weight excluding hydrogens is 295 g/mol. The van der Waals surface area contributed by atoms with Crippen LogP contribution in [0.25, 0.3) is 0 Å². The summed E-state index contributed by atoms with van der Waals surface area (Å²) in [6.45, 7) is 0.612. The first kappa shape index (κ1) is 16.8. The molecule has 1 aliphatic carbocycles. The normalized spacial score (nSPS) is 22.8. The van der Waals surface area contributed by atoms with Crippen molar-refractivity contribution in [2.75, 3.05) is 7.05 Å². The fourth-order valence-electron chi connectivity index (χ4n) is 3.01. The van der Waals surface area contributed by atoms with Crippen LogP contribution in [0.5, 0.6) is 0 Å². The third kappa shape index (κ3) is 4.22. The molecule has 6 heteroatoms. The number of carboxylic acid groups (broad SMARTS) is 1. The van der Waals surface area contributed by atoms with Crippen LogP contribution in [0.3, 0.4) is 0 Å². The molecule has 2 rings (SSSR count). The summed E-state index contributed by atoms with van der Waals surface area (Å²) in [5, 5.41) is 8.85. The minimum Gasteiger partial charge on any atom is -0.478 e. The summed E-state index contributed by atoms with van der Waals surface area (Å²) >= 11 is 0. The number of halogens is 3. The van der Waals surface area contributed by atoms with Gasteiger partial charge in [-0.05, 0) is 50.4 Å². The van der Waals surface area contributed by atoms with Gasteiger partial charge in [0.15, 0.2) is 0 Å². The zero-order valence-electron chi connectivity index (χ0n) is 12.4. The molecule has 0 amide bonds. The van der Waals surface area contributed by atoms with E-state index in [9.17, 15) is 18.0 Å². The molecule has 122 valence electrons. The maximum absolute atomic E-state index is 12.7. The Bertz CT molecular complexity index is 505. The highest BCUT2D eigenvalue weighted by Crippen LogP contribution is 2.38. The number of nitrogens with zero attached hydrogens (tertiary/aromatic N) is 1. The molecule has 0 unspecified atom stereocenters. The van der Waals surface area contributed by atoms with Crippen molar-refractivity contribution in [3.63, 3.8) is 0 Å². The molecule has 0 atom stereocenters. The predicted molar refractivity (Wildman–Crippen MR) is 76.7 cm³/mol. The quantitative estimate of drug-likeness (QED) is 0.915. The molecule has 0 saturated heterocycles. The van der Waals surface area contributed by atoms with Gasteiger partial charge in [0.1, 0.15) is 0 Å². The Kier molecular flexibility index (Phi) is 5.11. The van der Waals surface area contributed by atoms with E-state index in [0.29, 0.717) is 19.4 Å². The van der Waals surface area contributed by atoms with Crippen LogP contribution < -0.4 is 0 Å². The van der Waals surface area contributed by atoms with Gasteiger partial charge in [-0.1, -0.05) is 12.1 Å². The van der Waals surface area contributed by atoms with E-state index < -0.39 is 18.1 Å². The second-order valence-electron chi connectivity index (χ2n) is 5.96. The van der Waals surface area contributed by atoms with Crippen molar-refractivity contribution in [1.29, 1.82) is 0 Å². The molecule has 1 aromatic carbocycles. The van der Waals surface area contributed by atoms with E-state index in [0.717, 1.165) is 5.56 Å². The number of benzene rings is 1. The molecule has 0 bridgehead atoms. The van der Waals surface area contributed by atoms with E-state index in [4.69, 9.17) is 5.11 Å². The fourth-order valence-corrected chi connectivity index (χ4v) is 3.01. The third-order valence-corrected chi connectivity index (χ3v) is 4.42. The molecule has 1 aliphatic rings. The second-order valence-corrected chi connectivity index (χ2v) is 5.96. The lowest BCUT2D eigenvalue weighted by molar-refractivity contribution is -0.184. The van der Waals surface area contributed by atoms with Crippen molar-refractivity contribution in [3.8, 4) is 0 Å². The average Bonchev–Trinajstić information content (AvgIpc) is 2.47. The first-order chi connectivity index (χ1) is 10.3. The smallest absolute Gasteiger partial charge is 0.391 e. The topological polar surface area (TPSA) is 40.5 Å². The summed E-state index contributed by atoms with van der Waals surface area (Å²) in [5.74, 6) is -2.13. The molecule has 1 aromatic rings. The number of hydrogen-bond donors (Lipinski definition) is 1. The van der Waals surface area contributed by atoms with Crippen molar-refractivity contribution in [3.05, 3.63) is 35.4 Å². The number of aromatic carboxylic acids is 1. The van der Waals surface area contributed by atoms with E-state index >= 15 is 0 Å². The van der Waals surface area contributed by atoms with E-state index in [1.165, 1.54) is 0 Å². The van der Waals surface area contributed by atoms with Crippen LogP contribution in [0.2, 0.25) is 0 Å². The molecule has 1 N–H and O–H groups in total. The SMILES string of the molecule is CN(Cc1ccc(C(=O)O)cc1)C1CCC(C(F)(F)F)CC1. The van der Waals surface area contributed by atoms with Crippen LogP contribution >= 0.6 is 0 Å². The van der Waals surface area contributed by atoms with Gasteiger partial charge in [-0.25, -0.2) is 4.79 Å². The molecule has 3 nitrogen and oxygen atoms in total. The van der Waals surface area contributed by atoms with Gasteiger partial charge < -0.3 is 5.11 Å². The van der Waals surface area contributed by atoms with E-state index in [-0.39, 0.29) is 24.4 Å². The van der Waals surface area contributed by atoms with Crippen LogP contribution in [0.1, 0.15) is 41.6 Å².